The average Bonchev–Trinajstić information content (AvgIpc) is 2.86. The van der Waals surface area contributed by atoms with Crippen molar-refractivity contribution in [3.8, 4) is 5.88 Å². The number of aromatic nitrogens is 4. The molecule has 0 aliphatic heterocycles. The molecule has 0 aromatic carbocycles. The molecule has 2 rings (SSSR count). The maximum Gasteiger partial charge on any atom is 0.232 e. The van der Waals surface area contributed by atoms with Gasteiger partial charge in [0.15, 0.2) is 0 Å². The minimum atomic E-state index is 0.528. The van der Waals surface area contributed by atoms with Crippen LogP contribution in [0.25, 0.3) is 0 Å². The van der Waals surface area contributed by atoms with Gasteiger partial charge in [-0.2, -0.15) is 4.98 Å². The first kappa shape index (κ1) is 15.8. The van der Waals surface area contributed by atoms with Crippen molar-refractivity contribution >= 4 is 21.9 Å². The van der Waals surface area contributed by atoms with Crippen LogP contribution in [0, 0.1) is 5.92 Å². The van der Waals surface area contributed by atoms with Gasteiger partial charge in [0.25, 0.3) is 0 Å². The number of halogens is 1. The molecule has 0 atom stereocenters. The third-order valence-electron chi connectivity index (χ3n) is 2.76. The summed E-state index contributed by atoms with van der Waals surface area (Å²) in [6.07, 6.45) is 5.49. The molecule has 7 heteroatoms. The maximum atomic E-state index is 5.43. The summed E-state index contributed by atoms with van der Waals surface area (Å²) in [4.78, 5) is 12.9. The fourth-order valence-electron chi connectivity index (χ4n) is 1.90. The van der Waals surface area contributed by atoms with Crippen molar-refractivity contribution in [2.24, 2.45) is 5.92 Å². The number of imidazole rings is 1. The number of hydrogen-bond acceptors (Lipinski definition) is 5. The van der Waals surface area contributed by atoms with Gasteiger partial charge in [-0.15, -0.1) is 0 Å². The van der Waals surface area contributed by atoms with Crippen molar-refractivity contribution in [1.29, 1.82) is 0 Å². The van der Waals surface area contributed by atoms with Gasteiger partial charge in [-0.3, -0.25) is 0 Å². The Morgan fingerprint density at radius 3 is 2.90 bits per heavy atom. The first-order chi connectivity index (χ1) is 10.1. The number of rotatable bonds is 7. The molecular weight excluding hydrogens is 334 g/mol. The zero-order valence-electron chi connectivity index (χ0n) is 12.5. The lowest BCUT2D eigenvalue weighted by atomic mass is 10.2. The van der Waals surface area contributed by atoms with Crippen molar-refractivity contribution in [2.45, 2.75) is 33.9 Å². The standard InChI is InChI=1S/C14H20BrN5O/c1-4-21-13-11(15)7-17-14(19-13)18-8-12-16-5-6-20(12)9-10(2)3/h5-7,10H,4,8-9H2,1-3H3,(H,17,18,19). The monoisotopic (exact) mass is 353 g/mol. The number of nitrogens with one attached hydrogen (secondary N) is 1. The van der Waals surface area contributed by atoms with Crippen molar-refractivity contribution in [3.63, 3.8) is 0 Å². The predicted molar refractivity (Wildman–Crippen MR) is 85.3 cm³/mol. The van der Waals surface area contributed by atoms with Crippen LogP contribution in [0.4, 0.5) is 5.95 Å². The number of ether oxygens (including phenoxy) is 1. The molecule has 0 saturated carbocycles. The molecular formula is C14H20BrN5O. The van der Waals surface area contributed by atoms with Crippen LogP contribution in [-0.4, -0.2) is 26.1 Å². The number of nitrogens with zero attached hydrogens (tertiary/aromatic N) is 4. The van der Waals surface area contributed by atoms with E-state index in [0.29, 0.717) is 30.9 Å². The van der Waals surface area contributed by atoms with E-state index in [0.717, 1.165) is 16.8 Å². The van der Waals surface area contributed by atoms with Gasteiger partial charge in [0, 0.05) is 18.9 Å². The number of anilines is 1. The van der Waals surface area contributed by atoms with Gasteiger partial charge in [0.05, 0.1) is 23.8 Å². The molecule has 0 unspecified atom stereocenters. The van der Waals surface area contributed by atoms with Gasteiger partial charge < -0.3 is 14.6 Å². The van der Waals surface area contributed by atoms with Gasteiger partial charge >= 0.3 is 0 Å². The summed E-state index contributed by atoms with van der Waals surface area (Å²) >= 11 is 3.37. The van der Waals surface area contributed by atoms with E-state index in [-0.39, 0.29) is 0 Å². The Kier molecular flexibility index (Phi) is 5.55. The van der Waals surface area contributed by atoms with Gasteiger partial charge in [0.2, 0.25) is 11.8 Å². The molecule has 0 radical (unpaired) electrons. The second-order valence-corrected chi connectivity index (χ2v) is 5.88. The summed E-state index contributed by atoms with van der Waals surface area (Å²) in [5.41, 5.74) is 0. The highest BCUT2D eigenvalue weighted by molar-refractivity contribution is 9.10. The Morgan fingerprint density at radius 2 is 2.19 bits per heavy atom. The molecule has 0 bridgehead atoms. The molecule has 2 heterocycles. The van der Waals surface area contributed by atoms with Crippen molar-refractivity contribution < 1.29 is 4.74 Å². The highest BCUT2D eigenvalue weighted by Crippen LogP contribution is 2.22. The third kappa shape index (κ3) is 4.42. The van der Waals surface area contributed by atoms with Crippen LogP contribution in [0.1, 0.15) is 26.6 Å². The molecule has 2 aromatic heterocycles. The Morgan fingerprint density at radius 1 is 1.38 bits per heavy atom. The molecule has 2 aromatic rings. The van der Waals surface area contributed by atoms with E-state index in [2.05, 4.69) is 54.6 Å². The third-order valence-corrected chi connectivity index (χ3v) is 3.31. The highest BCUT2D eigenvalue weighted by atomic mass is 79.9. The fourth-order valence-corrected chi connectivity index (χ4v) is 2.21. The highest BCUT2D eigenvalue weighted by Gasteiger charge is 2.08. The van der Waals surface area contributed by atoms with Crippen LogP contribution in [0.5, 0.6) is 5.88 Å². The molecule has 0 aliphatic rings. The van der Waals surface area contributed by atoms with E-state index in [9.17, 15) is 0 Å². The maximum absolute atomic E-state index is 5.43. The van der Waals surface area contributed by atoms with Crippen LogP contribution in [-0.2, 0) is 13.1 Å². The topological polar surface area (TPSA) is 64.9 Å². The first-order valence-electron chi connectivity index (χ1n) is 6.99. The second kappa shape index (κ2) is 7.40. The average molecular weight is 354 g/mol. The molecule has 6 nitrogen and oxygen atoms in total. The van der Waals surface area contributed by atoms with Crippen molar-refractivity contribution in [3.05, 3.63) is 28.9 Å². The van der Waals surface area contributed by atoms with E-state index >= 15 is 0 Å². The van der Waals surface area contributed by atoms with E-state index in [1.165, 1.54) is 0 Å². The lowest BCUT2D eigenvalue weighted by Gasteiger charge is -2.11. The molecule has 21 heavy (non-hydrogen) atoms. The lowest BCUT2D eigenvalue weighted by molar-refractivity contribution is 0.324. The summed E-state index contributed by atoms with van der Waals surface area (Å²) < 4.78 is 8.32. The fraction of sp³-hybridized carbons (Fsp3) is 0.500. The van der Waals surface area contributed by atoms with Crippen LogP contribution in [0.15, 0.2) is 23.1 Å². The molecule has 114 valence electrons. The van der Waals surface area contributed by atoms with Crippen molar-refractivity contribution in [2.75, 3.05) is 11.9 Å². The Balaban J connectivity index is 2.03. The van der Waals surface area contributed by atoms with Crippen LogP contribution >= 0.6 is 15.9 Å². The quantitative estimate of drug-likeness (QED) is 0.828. The van der Waals surface area contributed by atoms with Gasteiger partial charge in [-0.25, -0.2) is 9.97 Å². The smallest absolute Gasteiger partial charge is 0.232 e. The minimum Gasteiger partial charge on any atom is -0.477 e. The normalized spacial score (nSPS) is 10.9. The lowest BCUT2D eigenvalue weighted by Crippen LogP contribution is -2.12. The van der Waals surface area contributed by atoms with Gasteiger partial charge in [-0.1, -0.05) is 13.8 Å². The van der Waals surface area contributed by atoms with E-state index < -0.39 is 0 Å². The van der Waals surface area contributed by atoms with E-state index in [4.69, 9.17) is 4.74 Å². The zero-order chi connectivity index (χ0) is 15.2. The Hall–Kier alpha value is -1.63. The summed E-state index contributed by atoms with van der Waals surface area (Å²) in [6.45, 7) is 8.38. The van der Waals surface area contributed by atoms with Crippen LogP contribution in [0.3, 0.4) is 0 Å². The summed E-state index contributed by atoms with van der Waals surface area (Å²) in [5.74, 6) is 2.61. The molecule has 0 fully saturated rings. The van der Waals surface area contributed by atoms with E-state index in [1.807, 2.05) is 19.3 Å². The van der Waals surface area contributed by atoms with E-state index in [1.54, 1.807) is 6.20 Å². The zero-order valence-corrected chi connectivity index (χ0v) is 14.1. The van der Waals surface area contributed by atoms with Gasteiger partial charge in [-0.05, 0) is 28.8 Å². The molecule has 0 spiro atoms. The second-order valence-electron chi connectivity index (χ2n) is 5.02. The Bertz CT molecular complexity index is 584. The molecule has 1 N–H and O–H groups in total. The van der Waals surface area contributed by atoms with Crippen molar-refractivity contribution in [1.82, 2.24) is 19.5 Å². The minimum absolute atomic E-state index is 0.528. The molecule has 0 amide bonds. The summed E-state index contributed by atoms with van der Waals surface area (Å²) in [7, 11) is 0. The van der Waals surface area contributed by atoms with Gasteiger partial charge in [0.1, 0.15) is 5.82 Å². The summed E-state index contributed by atoms with van der Waals surface area (Å²) in [5, 5.41) is 3.18. The summed E-state index contributed by atoms with van der Waals surface area (Å²) in [6, 6.07) is 0. The van der Waals surface area contributed by atoms with Crippen LogP contribution in [0.2, 0.25) is 0 Å². The molecule has 0 saturated heterocycles. The Labute approximate surface area is 133 Å². The van der Waals surface area contributed by atoms with Crippen LogP contribution < -0.4 is 10.1 Å². The largest absolute Gasteiger partial charge is 0.477 e. The SMILES string of the molecule is CCOc1nc(NCc2nccn2CC(C)C)ncc1Br. The number of hydrogen-bond donors (Lipinski definition) is 1. The molecule has 0 aliphatic carbocycles. The first-order valence-corrected chi connectivity index (χ1v) is 7.78. The predicted octanol–water partition coefficient (Wildman–Crippen LogP) is 3.10.